The van der Waals surface area contributed by atoms with E-state index < -0.39 is 0 Å². The third kappa shape index (κ3) is 6.78. The monoisotopic (exact) mass is 648 g/mol. The van der Waals surface area contributed by atoms with Crippen molar-refractivity contribution in [3.05, 3.63) is 77.6 Å². The molecule has 4 aromatic rings. The average Bonchev–Trinajstić information content (AvgIpc) is 3.76. The highest BCUT2D eigenvalue weighted by Crippen LogP contribution is 2.35. The predicted molar refractivity (Wildman–Crippen MR) is 187 cm³/mol. The molecule has 3 amide bonds. The van der Waals surface area contributed by atoms with Crippen molar-refractivity contribution in [1.82, 2.24) is 29.7 Å². The van der Waals surface area contributed by atoms with Crippen LogP contribution in [0.25, 0.3) is 11.0 Å². The number of piperidine rings is 1. The SMILES string of the molecule is CN(C)C(=O)c1cc2cnc(Nc3ccc(CCN4CCN(c5cccc(C6CCC(=O)NC6=O)c5)CC4)cc3)nc2n1C1CCCC1. The zero-order valence-electron chi connectivity index (χ0n) is 27.8. The summed E-state index contributed by atoms with van der Waals surface area (Å²) in [6, 6.07) is 18.9. The topological polar surface area (TPSA) is 116 Å². The molecule has 0 radical (unpaired) electrons. The Balaban J connectivity index is 0.937. The van der Waals surface area contributed by atoms with E-state index in [0.717, 1.165) is 80.0 Å². The summed E-state index contributed by atoms with van der Waals surface area (Å²) in [7, 11) is 3.58. The normalized spacial score (nSPS) is 19.1. The molecule has 2 saturated heterocycles. The molecular formula is C37H44N8O3. The lowest BCUT2D eigenvalue weighted by molar-refractivity contribution is -0.134. The lowest BCUT2D eigenvalue weighted by Gasteiger charge is -2.36. The van der Waals surface area contributed by atoms with E-state index in [9.17, 15) is 14.4 Å². The minimum Gasteiger partial charge on any atom is -0.369 e. The molecule has 2 N–H and O–H groups in total. The van der Waals surface area contributed by atoms with Gasteiger partial charge in [0, 0.05) is 82.2 Å². The molecule has 1 aliphatic carbocycles. The number of nitrogens with zero attached hydrogens (tertiary/aromatic N) is 6. The molecule has 2 aliphatic heterocycles. The van der Waals surface area contributed by atoms with Crippen molar-refractivity contribution in [2.45, 2.75) is 56.9 Å². The first kappa shape index (κ1) is 31.8. The van der Waals surface area contributed by atoms with Crippen molar-refractivity contribution in [3.63, 3.8) is 0 Å². The van der Waals surface area contributed by atoms with E-state index in [0.29, 0.717) is 24.5 Å². The summed E-state index contributed by atoms with van der Waals surface area (Å²) in [5.74, 6) is -0.117. The van der Waals surface area contributed by atoms with E-state index in [1.54, 1.807) is 19.0 Å². The second-order valence-electron chi connectivity index (χ2n) is 13.5. The molecular weight excluding hydrogens is 604 g/mol. The number of carbonyl (C=O) groups excluding carboxylic acids is 3. The Labute approximate surface area is 281 Å². The summed E-state index contributed by atoms with van der Waals surface area (Å²) >= 11 is 0. The van der Waals surface area contributed by atoms with E-state index in [1.807, 2.05) is 24.4 Å². The molecule has 3 aliphatic rings. The standard InChI is InChI=1S/C37H44N8O3/c1-42(2)36(48)32-23-27-24-38-37(41-34(27)45(32)29-7-3-4-8-29)39-28-12-10-25(11-13-28)16-17-43-18-20-44(21-19-43)30-9-5-6-26(22-30)31-14-15-33(46)40-35(31)47/h5-6,9-13,22-24,29,31H,3-4,7-8,14-21H2,1-2H3,(H,38,39,41)(H,40,46,47). The Morgan fingerprint density at radius 3 is 2.48 bits per heavy atom. The molecule has 250 valence electrons. The van der Waals surface area contributed by atoms with Gasteiger partial charge in [-0.3, -0.25) is 24.6 Å². The molecule has 11 heteroatoms. The van der Waals surface area contributed by atoms with Crippen LogP contribution < -0.4 is 15.5 Å². The van der Waals surface area contributed by atoms with Crippen molar-refractivity contribution in [1.29, 1.82) is 0 Å². The number of imide groups is 1. The highest BCUT2D eigenvalue weighted by atomic mass is 16.2. The summed E-state index contributed by atoms with van der Waals surface area (Å²) in [5, 5.41) is 6.74. The maximum absolute atomic E-state index is 13.0. The highest BCUT2D eigenvalue weighted by Gasteiger charge is 2.29. The third-order valence-corrected chi connectivity index (χ3v) is 10.1. The van der Waals surface area contributed by atoms with Crippen LogP contribution >= 0.6 is 0 Å². The zero-order valence-corrected chi connectivity index (χ0v) is 27.8. The van der Waals surface area contributed by atoms with Crippen molar-refractivity contribution >= 4 is 46.1 Å². The van der Waals surface area contributed by atoms with Gasteiger partial charge in [-0.2, -0.15) is 4.98 Å². The third-order valence-electron chi connectivity index (χ3n) is 10.1. The van der Waals surface area contributed by atoms with Gasteiger partial charge in [0.25, 0.3) is 5.91 Å². The summed E-state index contributed by atoms with van der Waals surface area (Å²) in [6.45, 7) is 4.81. The minimum atomic E-state index is -0.260. The Kier molecular flexibility index (Phi) is 9.12. The molecule has 11 nitrogen and oxygen atoms in total. The van der Waals surface area contributed by atoms with Gasteiger partial charge in [0.1, 0.15) is 11.3 Å². The van der Waals surface area contributed by atoms with E-state index >= 15 is 0 Å². The summed E-state index contributed by atoms with van der Waals surface area (Å²) < 4.78 is 2.14. The number of hydrogen-bond donors (Lipinski definition) is 2. The van der Waals surface area contributed by atoms with Gasteiger partial charge in [0.05, 0.1) is 5.92 Å². The molecule has 1 atom stereocenters. The maximum atomic E-state index is 13.0. The van der Waals surface area contributed by atoms with E-state index in [-0.39, 0.29) is 29.7 Å². The number of hydrogen-bond acceptors (Lipinski definition) is 8. The molecule has 7 rings (SSSR count). The van der Waals surface area contributed by atoms with Gasteiger partial charge in [0.15, 0.2) is 0 Å². The van der Waals surface area contributed by atoms with Crippen molar-refractivity contribution in [2.75, 3.05) is 57.0 Å². The quantitative estimate of drug-likeness (QED) is 0.247. The maximum Gasteiger partial charge on any atom is 0.270 e. The number of aromatic nitrogens is 3. The minimum absolute atomic E-state index is 0.0105. The number of benzene rings is 2. The fourth-order valence-corrected chi connectivity index (χ4v) is 7.34. The number of carbonyl (C=O) groups is 3. The lowest BCUT2D eigenvalue weighted by Crippen LogP contribution is -2.47. The zero-order chi connectivity index (χ0) is 33.2. The summed E-state index contributed by atoms with van der Waals surface area (Å²) in [4.78, 5) is 53.0. The van der Waals surface area contributed by atoms with Gasteiger partial charge in [-0.15, -0.1) is 0 Å². The number of amides is 3. The average molecular weight is 649 g/mol. The number of fused-ring (bicyclic) bond motifs is 1. The van der Waals surface area contributed by atoms with Gasteiger partial charge in [-0.05, 0) is 67.1 Å². The van der Waals surface area contributed by atoms with Crippen molar-refractivity contribution in [3.8, 4) is 0 Å². The van der Waals surface area contributed by atoms with Gasteiger partial charge in [0.2, 0.25) is 17.8 Å². The first-order chi connectivity index (χ1) is 23.3. The lowest BCUT2D eigenvalue weighted by atomic mass is 9.90. The van der Waals surface area contributed by atoms with Crippen LogP contribution in [-0.2, 0) is 16.0 Å². The first-order valence-corrected chi connectivity index (χ1v) is 17.2. The van der Waals surface area contributed by atoms with E-state index in [1.165, 1.54) is 18.4 Å². The molecule has 2 aromatic heterocycles. The van der Waals surface area contributed by atoms with Gasteiger partial charge >= 0.3 is 0 Å². The fourth-order valence-electron chi connectivity index (χ4n) is 7.34. The summed E-state index contributed by atoms with van der Waals surface area (Å²) in [6.07, 6.45) is 8.18. The second-order valence-corrected chi connectivity index (χ2v) is 13.5. The molecule has 1 unspecified atom stereocenters. The van der Waals surface area contributed by atoms with Crippen LogP contribution in [0.4, 0.5) is 17.3 Å². The fraction of sp³-hybridized carbons (Fsp3) is 0.432. The second kappa shape index (κ2) is 13.8. The Morgan fingerprint density at radius 2 is 1.75 bits per heavy atom. The van der Waals surface area contributed by atoms with Crippen LogP contribution in [0.2, 0.25) is 0 Å². The van der Waals surface area contributed by atoms with Gasteiger partial charge < -0.3 is 19.7 Å². The molecule has 3 fully saturated rings. The predicted octanol–water partition coefficient (Wildman–Crippen LogP) is 4.88. The van der Waals surface area contributed by atoms with Crippen LogP contribution in [0.15, 0.2) is 60.8 Å². The molecule has 2 aromatic carbocycles. The van der Waals surface area contributed by atoms with E-state index in [2.05, 4.69) is 66.4 Å². The Hall–Kier alpha value is -4.77. The number of rotatable bonds is 9. The van der Waals surface area contributed by atoms with Crippen LogP contribution in [-0.4, -0.2) is 88.9 Å². The van der Waals surface area contributed by atoms with E-state index in [4.69, 9.17) is 4.98 Å². The molecule has 0 spiro atoms. The van der Waals surface area contributed by atoms with Crippen LogP contribution in [0.1, 0.15) is 72.1 Å². The van der Waals surface area contributed by atoms with Gasteiger partial charge in [-0.1, -0.05) is 37.1 Å². The molecule has 4 heterocycles. The number of nitrogens with one attached hydrogen (secondary N) is 2. The van der Waals surface area contributed by atoms with Crippen molar-refractivity contribution < 1.29 is 14.4 Å². The number of anilines is 3. The molecule has 48 heavy (non-hydrogen) atoms. The van der Waals surface area contributed by atoms with Gasteiger partial charge in [-0.25, -0.2) is 4.98 Å². The van der Waals surface area contributed by atoms with Crippen LogP contribution in [0.3, 0.4) is 0 Å². The smallest absolute Gasteiger partial charge is 0.270 e. The Bertz CT molecular complexity index is 1800. The highest BCUT2D eigenvalue weighted by molar-refractivity contribution is 6.01. The number of piperazine rings is 1. The summed E-state index contributed by atoms with van der Waals surface area (Å²) in [5.41, 5.74) is 5.81. The first-order valence-electron chi connectivity index (χ1n) is 17.2. The molecule has 1 saturated carbocycles. The van der Waals surface area contributed by atoms with Crippen LogP contribution in [0, 0.1) is 0 Å². The largest absolute Gasteiger partial charge is 0.369 e. The Morgan fingerprint density at radius 1 is 0.979 bits per heavy atom. The van der Waals surface area contributed by atoms with Crippen molar-refractivity contribution in [2.24, 2.45) is 0 Å². The molecule has 0 bridgehead atoms. The van der Waals surface area contributed by atoms with Crippen LogP contribution in [0.5, 0.6) is 0 Å².